The number of para-hydroxylation sites is 1. The molecule has 4 fully saturated rings. The predicted octanol–water partition coefficient (Wildman–Crippen LogP) is 1.80. The molecule has 0 saturated carbocycles. The first-order chi connectivity index (χ1) is 11.5. The summed E-state index contributed by atoms with van der Waals surface area (Å²) in [6.07, 6.45) is 1.69. The molecule has 5 aliphatic heterocycles. The van der Waals surface area contributed by atoms with Crippen LogP contribution in [-0.4, -0.2) is 47.7 Å². The van der Waals surface area contributed by atoms with Crippen LogP contribution in [0.25, 0.3) is 0 Å². The Morgan fingerprint density at radius 1 is 0.958 bits per heavy atom. The van der Waals surface area contributed by atoms with E-state index in [1.165, 1.54) is 0 Å². The molecule has 5 nitrogen and oxygen atoms in total. The molecule has 1 aromatic rings. The van der Waals surface area contributed by atoms with E-state index in [4.69, 9.17) is 0 Å². The maximum absolute atomic E-state index is 13.3. The summed E-state index contributed by atoms with van der Waals surface area (Å²) in [6.45, 7) is 7.02. The molecular formula is C19H23N3O2. The van der Waals surface area contributed by atoms with Crippen LogP contribution in [0.3, 0.4) is 0 Å². The van der Waals surface area contributed by atoms with Gasteiger partial charge in [0.2, 0.25) is 0 Å². The molecule has 4 bridgehead atoms. The minimum absolute atomic E-state index is 0.0486. The Labute approximate surface area is 142 Å². The molecular weight excluding hydrogens is 302 g/mol. The number of nitrogens with one attached hydrogen (secondary N) is 1. The molecule has 1 amide bonds. The monoisotopic (exact) mass is 325 g/mol. The summed E-state index contributed by atoms with van der Waals surface area (Å²) in [5, 5.41) is 3.08. The zero-order valence-corrected chi connectivity index (χ0v) is 14.3. The summed E-state index contributed by atoms with van der Waals surface area (Å²) in [5.74, 6) is 0.487. The molecule has 0 atom stereocenters. The van der Waals surface area contributed by atoms with Gasteiger partial charge in [-0.1, -0.05) is 32.0 Å². The van der Waals surface area contributed by atoms with Crippen LogP contribution in [0, 0.1) is 10.8 Å². The van der Waals surface area contributed by atoms with Gasteiger partial charge in [0.15, 0.2) is 5.66 Å². The highest BCUT2D eigenvalue weighted by molar-refractivity contribution is 6.07. The average Bonchev–Trinajstić information content (AvgIpc) is 2.88. The van der Waals surface area contributed by atoms with Crippen LogP contribution in [0.5, 0.6) is 0 Å². The van der Waals surface area contributed by atoms with Gasteiger partial charge in [-0.25, -0.2) is 0 Å². The van der Waals surface area contributed by atoms with Crippen molar-refractivity contribution in [1.29, 1.82) is 0 Å². The maximum atomic E-state index is 13.3. The molecule has 1 N–H and O–H groups in total. The number of fused-ring (bicyclic) bond motifs is 1. The molecule has 0 aromatic heterocycles. The van der Waals surface area contributed by atoms with Crippen LogP contribution in [0.2, 0.25) is 0 Å². The number of nitrogens with zero attached hydrogens (tertiary/aromatic N) is 2. The van der Waals surface area contributed by atoms with Gasteiger partial charge in [-0.15, -0.1) is 0 Å². The van der Waals surface area contributed by atoms with Crippen molar-refractivity contribution < 1.29 is 9.59 Å². The Morgan fingerprint density at radius 2 is 1.50 bits per heavy atom. The van der Waals surface area contributed by atoms with Gasteiger partial charge in [0, 0.05) is 37.4 Å². The number of benzene rings is 1. The number of carbonyl (C=O) groups excluding carboxylic acids is 2. The highest BCUT2D eigenvalue weighted by Crippen LogP contribution is 2.59. The first-order valence-corrected chi connectivity index (χ1v) is 8.98. The van der Waals surface area contributed by atoms with Crippen molar-refractivity contribution in [1.82, 2.24) is 9.80 Å². The second-order valence-corrected chi connectivity index (χ2v) is 7.98. The number of rotatable bonds is 2. The quantitative estimate of drug-likeness (QED) is 0.901. The topological polar surface area (TPSA) is 52.6 Å². The third-order valence-corrected chi connectivity index (χ3v) is 7.07. The van der Waals surface area contributed by atoms with Crippen LogP contribution < -0.4 is 5.32 Å². The van der Waals surface area contributed by atoms with Crippen molar-refractivity contribution in [2.75, 3.05) is 31.5 Å². The molecule has 5 heterocycles. The molecule has 5 heteroatoms. The van der Waals surface area contributed by atoms with E-state index in [2.05, 4.69) is 35.0 Å². The summed E-state index contributed by atoms with van der Waals surface area (Å²) < 4.78 is 0. The van der Waals surface area contributed by atoms with Gasteiger partial charge >= 0.3 is 0 Å². The Bertz CT molecular complexity index is 730. The van der Waals surface area contributed by atoms with Crippen molar-refractivity contribution in [3.63, 3.8) is 0 Å². The van der Waals surface area contributed by atoms with E-state index in [1.807, 2.05) is 18.2 Å². The number of carbonyl (C=O) groups is 2. The first-order valence-electron chi connectivity index (χ1n) is 8.98. The van der Waals surface area contributed by atoms with Gasteiger partial charge in [0.25, 0.3) is 5.91 Å². The van der Waals surface area contributed by atoms with E-state index < -0.39 is 5.66 Å². The van der Waals surface area contributed by atoms with E-state index in [0.29, 0.717) is 32.0 Å². The molecule has 0 unspecified atom stereocenters. The number of Topliss-reactive ketones (excluding diaryl/α,β-unsaturated/α-hetero) is 1. The lowest BCUT2D eigenvalue weighted by Crippen LogP contribution is -2.83. The molecule has 0 radical (unpaired) electrons. The zero-order valence-electron chi connectivity index (χ0n) is 14.3. The molecule has 24 heavy (non-hydrogen) atoms. The predicted molar refractivity (Wildman–Crippen MR) is 90.4 cm³/mol. The Kier molecular flexibility index (Phi) is 2.60. The minimum Gasteiger partial charge on any atom is -0.323 e. The van der Waals surface area contributed by atoms with Gasteiger partial charge < -0.3 is 5.32 Å². The van der Waals surface area contributed by atoms with Crippen LogP contribution in [0.4, 0.5) is 5.69 Å². The summed E-state index contributed by atoms with van der Waals surface area (Å²) in [4.78, 5) is 31.0. The highest BCUT2D eigenvalue weighted by Gasteiger charge is 2.72. The van der Waals surface area contributed by atoms with E-state index in [-0.39, 0.29) is 16.7 Å². The Morgan fingerprint density at radius 3 is 2.04 bits per heavy atom. The molecule has 4 saturated heterocycles. The smallest absolute Gasteiger partial charge is 0.264 e. The minimum atomic E-state index is -0.714. The summed E-state index contributed by atoms with van der Waals surface area (Å²) in [7, 11) is 0. The number of ketones is 1. The Hall–Kier alpha value is -1.72. The van der Waals surface area contributed by atoms with Crippen molar-refractivity contribution >= 4 is 17.4 Å². The highest BCUT2D eigenvalue weighted by atomic mass is 16.2. The van der Waals surface area contributed by atoms with Crippen molar-refractivity contribution in [3.05, 3.63) is 29.8 Å². The number of hydrogen-bond donors (Lipinski definition) is 1. The van der Waals surface area contributed by atoms with Gasteiger partial charge in [0.05, 0.1) is 10.8 Å². The largest absolute Gasteiger partial charge is 0.323 e. The SMILES string of the molecule is CCC12CN3CC(CC)(CN(C1)C31C(=O)Nc3ccccc31)C2=O. The first kappa shape index (κ1) is 14.6. The lowest BCUT2D eigenvalue weighted by Gasteiger charge is -2.69. The van der Waals surface area contributed by atoms with Gasteiger partial charge in [-0.3, -0.25) is 19.4 Å². The van der Waals surface area contributed by atoms with E-state index in [9.17, 15) is 9.59 Å². The second kappa shape index (κ2) is 4.27. The van der Waals surface area contributed by atoms with Crippen LogP contribution in [0.15, 0.2) is 24.3 Å². The summed E-state index contributed by atoms with van der Waals surface area (Å²) >= 11 is 0. The number of piperidine rings is 2. The number of anilines is 1. The van der Waals surface area contributed by atoms with Gasteiger partial charge in [-0.05, 0) is 18.9 Å². The average molecular weight is 325 g/mol. The Balaban J connectivity index is 1.72. The summed E-state index contributed by atoms with van der Waals surface area (Å²) in [5.41, 5.74) is 0.635. The zero-order chi connectivity index (χ0) is 16.7. The van der Waals surface area contributed by atoms with Crippen LogP contribution >= 0.6 is 0 Å². The lowest BCUT2D eigenvalue weighted by molar-refractivity contribution is -0.233. The van der Waals surface area contributed by atoms with Gasteiger partial charge in [0.1, 0.15) is 5.78 Å². The van der Waals surface area contributed by atoms with E-state index in [1.54, 1.807) is 0 Å². The lowest BCUT2D eigenvalue weighted by atomic mass is 9.57. The molecule has 0 aliphatic carbocycles. The normalized spacial score (nSPS) is 44.9. The number of hydrogen-bond acceptors (Lipinski definition) is 4. The van der Waals surface area contributed by atoms with Crippen molar-refractivity contribution in [2.45, 2.75) is 32.4 Å². The standard InChI is InChI=1S/C19H23N3O2/c1-3-17-9-21-11-18(4-2,15(17)23)12-22(10-17)19(21)13-7-5-6-8-14(13)20-16(19)24/h5-8H,3-4,9-12H2,1-2H3,(H,20,24). The summed E-state index contributed by atoms with van der Waals surface area (Å²) in [6, 6.07) is 8.01. The molecule has 5 aliphatic rings. The number of amides is 1. The molecule has 6 rings (SSSR count). The molecule has 126 valence electrons. The van der Waals surface area contributed by atoms with E-state index in [0.717, 1.165) is 24.1 Å². The van der Waals surface area contributed by atoms with Gasteiger partial charge in [-0.2, -0.15) is 0 Å². The molecule has 1 spiro atoms. The fourth-order valence-corrected chi connectivity index (χ4v) is 5.80. The second-order valence-electron chi connectivity index (χ2n) is 7.98. The maximum Gasteiger partial charge on any atom is 0.264 e. The third kappa shape index (κ3) is 1.33. The molecule has 1 aromatic carbocycles. The van der Waals surface area contributed by atoms with Crippen molar-refractivity contribution in [2.24, 2.45) is 10.8 Å². The fraction of sp³-hybridized carbons (Fsp3) is 0.579. The third-order valence-electron chi connectivity index (χ3n) is 7.07. The van der Waals surface area contributed by atoms with E-state index >= 15 is 0 Å². The van der Waals surface area contributed by atoms with Crippen molar-refractivity contribution in [3.8, 4) is 0 Å². The van der Waals surface area contributed by atoms with Crippen LogP contribution in [-0.2, 0) is 15.3 Å². The van der Waals surface area contributed by atoms with Crippen LogP contribution in [0.1, 0.15) is 32.3 Å². The fourth-order valence-electron chi connectivity index (χ4n) is 5.80.